The fourth-order valence-corrected chi connectivity index (χ4v) is 3.30. The Morgan fingerprint density at radius 3 is 1.57 bits per heavy atom. The molecule has 114 valence electrons. The van der Waals surface area contributed by atoms with Crippen LogP contribution in [-0.4, -0.2) is 0 Å². The van der Waals surface area contributed by atoms with Crippen LogP contribution in [0.15, 0.2) is 60.7 Å². The van der Waals surface area contributed by atoms with Crippen LogP contribution in [0, 0.1) is 12.2 Å². The summed E-state index contributed by atoms with van der Waals surface area (Å²) in [5, 5.41) is 0. The van der Waals surface area contributed by atoms with E-state index in [0.29, 0.717) is 11.8 Å². The molecule has 23 heavy (non-hydrogen) atoms. The van der Waals surface area contributed by atoms with E-state index < -0.39 is 20.8 Å². The van der Waals surface area contributed by atoms with Crippen molar-refractivity contribution < 1.29 is 20.8 Å². The van der Waals surface area contributed by atoms with E-state index in [1.54, 1.807) is 0 Å². The standard InChI is InChI=1S/C20H16.2ClH.Zr/c1-3-7-19-15(5-1)9-11-17(19)13-14-18-12-10-16-6-2-4-8-20(16)18;;;/h1-8,11-12,17-18H,13-14H2;2*1H;/q-2;;;+4/p-2. The molecule has 0 amide bonds. The summed E-state index contributed by atoms with van der Waals surface area (Å²) in [5.41, 5.74) is 5.41. The molecule has 0 radical (unpaired) electrons. The van der Waals surface area contributed by atoms with Gasteiger partial charge in [-0.1, -0.05) is 36.8 Å². The van der Waals surface area contributed by atoms with Gasteiger partial charge in [-0.15, -0.1) is 47.5 Å². The van der Waals surface area contributed by atoms with Crippen molar-refractivity contribution >= 4 is 17.0 Å². The second kappa shape index (κ2) is 8.47. The van der Waals surface area contributed by atoms with Gasteiger partial charge in [0.25, 0.3) is 0 Å². The Bertz CT molecular complexity index is 660. The first-order valence-electron chi connectivity index (χ1n) is 7.67. The van der Waals surface area contributed by atoms with Crippen LogP contribution in [-0.2, 0) is 20.8 Å². The Labute approximate surface area is 156 Å². The molecule has 2 atom stereocenters. The van der Waals surface area contributed by atoms with E-state index >= 15 is 0 Å². The zero-order valence-corrected chi connectivity index (χ0v) is 16.6. The van der Waals surface area contributed by atoms with Crippen LogP contribution in [0.5, 0.6) is 0 Å². The Morgan fingerprint density at radius 2 is 1.13 bits per heavy atom. The second-order valence-electron chi connectivity index (χ2n) is 5.66. The Hall–Kier alpha value is -0.617. The number of rotatable bonds is 3. The maximum atomic E-state index is 4.93. The number of hydrogen-bond acceptors (Lipinski definition) is 0. The molecule has 0 heterocycles. The van der Waals surface area contributed by atoms with Gasteiger partial charge in [0.15, 0.2) is 0 Å². The van der Waals surface area contributed by atoms with Gasteiger partial charge in [-0.2, -0.15) is 35.4 Å². The predicted octanol–water partition coefficient (Wildman–Crippen LogP) is 6.15. The maximum absolute atomic E-state index is 4.93. The van der Waals surface area contributed by atoms with Crippen LogP contribution in [0.4, 0.5) is 0 Å². The molecule has 0 saturated carbocycles. The quantitative estimate of drug-likeness (QED) is 0.524. The average molecular weight is 418 g/mol. The van der Waals surface area contributed by atoms with E-state index in [-0.39, 0.29) is 0 Å². The molecule has 0 saturated heterocycles. The minimum absolute atomic E-state index is 0.535. The third-order valence-electron chi connectivity index (χ3n) is 4.39. The fourth-order valence-electron chi connectivity index (χ4n) is 3.30. The van der Waals surface area contributed by atoms with Crippen LogP contribution >= 0.6 is 17.0 Å². The van der Waals surface area contributed by atoms with E-state index in [2.05, 4.69) is 72.8 Å². The molecule has 0 aliphatic heterocycles. The first kappa shape index (κ1) is 17.2. The van der Waals surface area contributed by atoms with Crippen molar-refractivity contribution in [3.05, 3.63) is 95.1 Å². The summed E-state index contributed by atoms with van der Waals surface area (Å²) in [4.78, 5) is 0. The molecule has 3 heteroatoms. The van der Waals surface area contributed by atoms with Gasteiger partial charge >= 0.3 is 37.9 Å². The van der Waals surface area contributed by atoms with Crippen molar-refractivity contribution in [3.63, 3.8) is 0 Å². The van der Waals surface area contributed by atoms with E-state index in [9.17, 15) is 0 Å². The SMILES string of the molecule is [C-]1=CC(CCC2C=[C-]c3ccccc32)c2ccccc21.[Cl][Zr+2][Cl]. The molecular weight excluding hydrogens is 402 g/mol. The summed E-state index contributed by atoms with van der Waals surface area (Å²) < 4.78 is 0. The third kappa shape index (κ3) is 4.08. The van der Waals surface area contributed by atoms with Crippen LogP contribution in [0.25, 0.3) is 0 Å². The summed E-state index contributed by atoms with van der Waals surface area (Å²) in [6.07, 6.45) is 13.6. The second-order valence-corrected chi connectivity index (χ2v) is 9.39. The van der Waals surface area contributed by atoms with Crippen molar-refractivity contribution in [2.75, 3.05) is 0 Å². The van der Waals surface area contributed by atoms with Crippen LogP contribution in [0.1, 0.15) is 46.9 Å². The van der Waals surface area contributed by atoms with E-state index in [1.807, 2.05) is 0 Å². The molecule has 2 aliphatic carbocycles. The number of halogens is 2. The molecule has 0 fully saturated rings. The van der Waals surface area contributed by atoms with Gasteiger partial charge in [0, 0.05) is 0 Å². The number of allylic oxidation sites excluding steroid dienone is 2. The van der Waals surface area contributed by atoms with E-state index in [1.165, 1.54) is 35.1 Å². The normalized spacial score (nSPS) is 19.6. The summed E-state index contributed by atoms with van der Waals surface area (Å²) in [5.74, 6) is 1.07. The molecule has 0 spiro atoms. The summed E-state index contributed by atoms with van der Waals surface area (Å²) >= 11 is -0.826. The minimum atomic E-state index is -0.826. The van der Waals surface area contributed by atoms with Crippen molar-refractivity contribution in [1.82, 2.24) is 0 Å². The van der Waals surface area contributed by atoms with Crippen molar-refractivity contribution in [3.8, 4) is 0 Å². The molecule has 0 N–H and O–H groups in total. The van der Waals surface area contributed by atoms with E-state index in [0.717, 1.165) is 0 Å². The Morgan fingerprint density at radius 1 is 0.739 bits per heavy atom. The van der Waals surface area contributed by atoms with Gasteiger partial charge in [0.1, 0.15) is 0 Å². The topological polar surface area (TPSA) is 0 Å². The fraction of sp³-hybridized carbons (Fsp3) is 0.200. The van der Waals surface area contributed by atoms with Gasteiger partial charge in [0.2, 0.25) is 0 Å². The molecule has 2 aromatic rings. The van der Waals surface area contributed by atoms with Gasteiger partial charge in [-0.3, -0.25) is 0 Å². The van der Waals surface area contributed by atoms with Crippen LogP contribution < -0.4 is 0 Å². The zero-order chi connectivity index (χ0) is 16.1. The molecule has 0 bridgehead atoms. The number of fused-ring (bicyclic) bond motifs is 2. The monoisotopic (exact) mass is 416 g/mol. The molecule has 4 rings (SSSR count). The van der Waals surface area contributed by atoms with Gasteiger partial charge in [0.05, 0.1) is 0 Å². The van der Waals surface area contributed by atoms with Crippen LogP contribution in [0.3, 0.4) is 0 Å². The molecular formula is C20H16Cl2Zr. The number of benzene rings is 2. The molecule has 0 nitrogen and oxygen atoms in total. The van der Waals surface area contributed by atoms with Crippen LogP contribution in [0.2, 0.25) is 0 Å². The summed E-state index contributed by atoms with van der Waals surface area (Å²) in [6, 6.07) is 17.2. The van der Waals surface area contributed by atoms with Gasteiger partial charge in [-0.25, -0.2) is 0 Å². The van der Waals surface area contributed by atoms with Crippen molar-refractivity contribution in [2.45, 2.75) is 24.7 Å². The Kier molecular flexibility index (Phi) is 6.34. The molecule has 2 aliphatic rings. The van der Waals surface area contributed by atoms with E-state index in [4.69, 9.17) is 17.0 Å². The molecule has 2 aromatic carbocycles. The third-order valence-corrected chi connectivity index (χ3v) is 4.39. The van der Waals surface area contributed by atoms with Gasteiger partial charge < -0.3 is 0 Å². The number of hydrogen-bond donors (Lipinski definition) is 0. The molecule has 2 unspecified atom stereocenters. The first-order chi connectivity index (χ1) is 11.3. The zero-order valence-electron chi connectivity index (χ0n) is 12.6. The van der Waals surface area contributed by atoms with Crippen molar-refractivity contribution in [2.24, 2.45) is 0 Å². The summed E-state index contributed by atoms with van der Waals surface area (Å²) in [6.45, 7) is 0. The average Bonchev–Trinajstić information content (AvgIpc) is 3.18. The molecule has 0 aromatic heterocycles. The predicted molar refractivity (Wildman–Crippen MR) is 93.1 cm³/mol. The van der Waals surface area contributed by atoms with Crippen molar-refractivity contribution in [1.29, 1.82) is 0 Å². The van der Waals surface area contributed by atoms with Gasteiger partial charge in [-0.05, 0) is 0 Å². The Balaban J connectivity index is 0.000000485. The summed E-state index contributed by atoms with van der Waals surface area (Å²) in [7, 11) is 9.87. The first-order valence-corrected chi connectivity index (χ1v) is 14.0.